The lowest BCUT2D eigenvalue weighted by Gasteiger charge is -2.07. The van der Waals surface area contributed by atoms with Crippen molar-refractivity contribution in [3.05, 3.63) is 27.8 Å². The predicted octanol–water partition coefficient (Wildman–Crippen LogP) is 1.58. The molecule has 0 heterocycles. The summed E-state index contributed by atoms with van der Waals surface area (Å²) in [5, 5.41) is 2.71. The normalized spacial score (nSPS) is 12.2. The Morgan fingerprint density at radius 1 is 1.62 bits per heavy atom. The summed E-state index contributed by atoms with van der Waals surface area (Å²) >= 11 is 2.19. The van der Waals surface area contributed by atoms with Gasteiger partial charge < -0.3 is 11.1 Å². The van der Waals surface area contributed by atoms with Crippen LogP contribution in [0.1, 0.15) is 6.92 Å². The number of hydrogen-bond donors (Lipinski definition) is 2. The minimum atomic E-state index is -0.474. The van der Waals surface area contributed by atoms with Gasteiger partial charge in [-0.25, -0.2) is 0 Å². The van der Waals surface area contributed by atoms with Gasteiger partial charge in [0.05, 0.1) is 6.04 Å². The highest BCUT2D eigenvalue weighted by atomic mass is 127. The fourth-order valence-electron chi connectivity index (χ4n) is 0.822. The topological polar surface area (TPSA) is 55.1 Å². The van der Waals surface area contributed by atoms with Crippen LogP contribution in [0.5, 0.6) is 0 Å². The third kappa shape index (κ3) is 3.31. The van der Waals surface area contributed by atoms with Crippen molar-refractivity contribution in [2.24, 2.45) is 5.73 Å². The van der Waals surface area contributed by atoms with Crippen LogP contribution in [0, 0.1) is 3.57 Å². The van der Waals surface area contributed by atoms with Gasteiger partial charge in [0.2, 0.25) is 5.91 Å². The van der Waals surface area contributed by atoms with E-state index in [0.717, 1.165) is 9.26 Å². The number of carbonyl (C=O) groups is 1. The van der Waals surface area contributed by atoms with Crippen LogP contribution < -0.4 is 11.1 Å². The molecule has 1 unspecified atom stereocenters. The monoisotopic (exact) mass is 290 g/mol. The summed E-state index contributed by atoms with van der Waals surface area (Å²) in [6.45, 7) is 1.66. The van der Waals surface area contributed by atoms with Gasteiger partial charge in [0.1, 0.15) is 0 Å². The lowest BCUT2D eigenvalue weighted by molar-refractivity contribution is -0.117. The molecular weight excluding hydrogens is 279 g/mol. The first-order chi connectivity index (χ1) is 6.09. The molecule has 3 N–H and O–H groups in total. The fraction of sp³-hybridized carbons (Fsp3) is 0.222. The van der Waals surface area contributed by atoms with E-state index in [9.17, 15) is 4.79 Å². The van der Waals surface area contributed by atoms with E-state index in [-0.39, 0.29) is 5.91 Å². The van der Waals surface area contributed by atoms with Crippen LogP contribution in [0.25, 0.3) is 0 Å². The Hall–Kier alpha value is -0.620. The molecule has 13 heavy (non-hydrogen) atoms. The Morgan fingerprint density at radius 2 is 2.31 bits per heavy atom. The summed E-state index contributed by atoms with van der Waals surface area (Å²) in [6.07, 6.45) is 0. The molecule has 0 aliphatic carbocycles. The smallest absolute Gasteiger partial charge is 0.240 e. The van der Waals surface area contributed by atoms with E-state index in [0.29, 0.717) is 0 Å². The van der Waals surface area contributed by atoms with Crippen LogP contribution in [0.15, 0.2) is 24.3 Å². The zero-order chi connectivity index (χ0) is 9.84. The van der Waals surface area contributed by atoms with E-state index >= 15 is 0 Å². The molecule has 1 aromatic carbocycles. The van der Waals surface area contributed by atoms with E-state index in [1.54, 1.807) is 6.92 Å². The van der Waals surface area contributed by atoms with Gasteiger partial charge in [0.25, 0.3) is 0 Å². The number of rotatable bonds is 2. The molecule has 0 radical (unpaired) electrons. The quantitative estimate of drug-likeness (QED) is 0.812. The Kier molecular flexibility index (Phi) is 3.68. The molecule has 3 nitrogen and oxygen atoms in total. The molecular formula is C9H11IN2O. The minimum absolute atomic E-state index is 0.165. The van der Waals surface area contributed by atoms with Gasteiger partial charge in [0, 0.05) is 9.26 Å². The Balaban J connectivity index is 2.69. The highest BCUT2D eigenvalue weighted by molar-refractivity contribution is 14.1. The Labute approximate surface area is 90.8 Å². The number of halogens is 1. The zero-order valence-corrected chi connectivity index (χ0v) is 9.41. The highest BCUT2D eigenvalue weighted by Crippen LogP contribution is 2.12. The van der Waals surface area contributed by atoms with Gasteiger partial charge in [-0.2, -0.15) is 0 Å². The lowest BCUT2D eigenvalue weighted by Crippen LogP contribution is -2.32. The number of benzene rings is 1. The van der Waals surface area contributed by atoms with Crippen LogP contribution in [0.4, 0.5) is 5.69 Å². The summed E-state index contributed by atoms with van der Waals surface area (Å²) in [6, 6.07) is 7.10. The lowest BCUT2D eigenvalue weighted by atomic mass is 10.3. The van der Waals surface area contributed by atoms with Crippen LogP contribution in [-0.4, -0.2) is 11.9 Å². The molecule has 0 saturated heterocycles. The molecule has 0 bridgehead atoms. The largest absolute Gasteiger partial charge is 0.325 e. The first kappa shape index (κ1) is 10.5. The second-order valence-corrected chi connectivity index (χ2v) is 4.03. The van der Waals surface area contributed by atoms with Crippen LogP contribution in [-0.2, 0) is 4.79 Å². The predicted molar refractivity (Wildman–Crippen MR) is 61.4 cm³/mol. The number of amides is 1. The third-order valence-electron chi connectivity index (χ3n) is 1.51. The summed E-state index contributed by atoms with van der Waals surface area (Å²) in [4.78, 5) is 11.2. The van der Waals surface area contributed by atoms with E-state index in [1.165, 1.54) is 0 Å². The van der Waals surface area contributed by atoms with Crippen LogP contribution in [0.2, 0.25) is 0 Å². The van der Waals surface area contributed by atoms with Crippen molar-refractivity contribution in [1.29, 1.82) is 0 Å². The molecule has 1 amide bonds. The molecule has 1 rings (SSSR count). The second kappa shape index (κ2) is 4.57. The highest BCUT2D eigenvalue weighted by Gasteiger charge is 2.06. The van der Waals surface area contributed by atoms with Crippen molar-refractivity contribution < 1.29 is 4.79 Å². The number of nitrogens with two attached hydrogens (primary N) is 1. The molecule has 0 aromatic heterocycles. The SMILES string of the molecule is CC(N)C(=O)Nc1cccc(I)c1. The maximum Gasteiger partial charge on any atom is 0.240 e. The van der Waals surface area contributed by atoms with Crippen LogP contribution >= 0.6 is 22.6 Å². The Bertz CT molecular complexity index is 312. The fourth-order valence-corrected chi connectivity index (χ4v) is 1.37. The molecule has 1 aromatic rings. The average molecular weight is 290 g/mol. The van der Waals surface area contributed by atoms with Gasteiger partial charge in [0.15, 0.2) is 0 Å². The van der Waals surface area contributed by atoms with E-state index < -0.39 is 6.04 Å². The average Bonchev–Trinajstić information content (AvgIpc) is 2.04. The minimum Gasteiger partial charge on any atom is -0.325 e. The number of hydrogen-bond acceptors (Lipinski definition) is 2. The van der Waals surface area contributed by atoms with E-state index in [4.69, 9.17) is 5.73 Å². The number of anilines is 1. The maximum absolute atomic E-state index is 11.2. The zero-order valence-electron chi connectivity index (χ0n) is 7.25. The van der Waals surface area contributed by atoms with Crippen molar-refractivity contribution in [2.75, 3.05) is 5.32 Å². The Morgan fingerprint density at radius 3 is 2.85 bits per heavy atom. The number of nitrogens with one attached hydrogen (secondary N) is 1. The van der Waals surface area contributed by atoms with E-state index in [2.05, 4.69) is 27.9 Å². The van der Waals surface area contributed by atoms with Crippen molar-refractivity contribution >= 4 is 34.2 Å². The van der Waals surface area contributed by atoms with Crippen molar-refractivity contribution in [3.63, 3.8) is 0 Å². The van der Waals surface area contributed by atoms with Crippen LogP contribution in [0.3, 0.4) is 0 Å². The van der Waals surface area contributed by atoms with Crippen molar-refractivity contribution in [1.82, 2.24) is 0 Å². The molecule has 1 atom stereocenters. The van der Waals surface area contributed by atoms with Gasteiger partial charge in [-0.1, -0.05) is 6.07 Å². The van der Waals surface area contributed by atoms with E-state index in [1.807, 2.05) is 24.3 Å². The summed E-state index contributed by atoms with van der Waals surface area (Å²) in [5.41, 5.74) is 6.19. The van der Waals surface area contributed by atoms with Gasteiger partial charge >= 0.3 is 0 Å². The second-order valence-electron chi connectivity index (χ2n) is 2.79. The molecule has 70 valence electrons. The first-order valence-corrected chi connectivity index (χ1v) is 4.99. The molecule has 0 fully saturated rings. The standard InChI is InChI=1S/C9H11IN2O/c1-6(11)9(13)12-8-4-2-3-7(10)5-8/h2-6H,11H2,1H3,(H,12,13). The van der Waals surface area contributed by atoms with Crippen molar-refractivity contribution in [3.8, 4) is 0 Å². The van der Waals surface area contributed by atoms with Gasteiger partial charge in [-0.15, -0.1) is 0 Å². The number of carbonyl (C=O) groups excluding carboxylic acids is 1. The molecule has 0 aliphatic rings. The van der Waals surface area contributed by atoms with Gasteiger partial charge in [-0.05, 0) is 47.7 Å². The molecule has 0 spiro atoms. The summed E-state index contributed by atoms with van der Waals surface area (Å²) < 4.78 is 1.08. The van der Waals surface area contributed by atoms with Gasteiger partial charge in [-0.3, -0.25) is 4.79 Å². The molecule has 0 saturated carbocycles. The third-order valence-corrected chi connectivity index (χ3v) is 2.18. The van der Waals surface area contributed by atoms with Crippen molar-refractivity contribution in [2.45, 2.75) is 13.0 Å². The molecule has 4 heteroatoms. The first-order valence-electron chi connectivity index (χ1n) is 3.91. The maximum atomic E-state index is 11.2. The summed E-state index contributed by atoms with van der Waals surface area (Å²) in [5.74, 6) is -0.165. The molecule has 0 aliphatic heterocycles. The summed E-state index contributed by atoms with van der Waals surface area (Å²) in [7, 11) is 0.